The van der Waals surface area contributed by atoms with E-state index in [1.54, 1.807) is 11.8 Å². The zero-order valence-electron chi connectivity index (χ0n) is 11.7. The summed E-state index contributed by atoms with van der Waals surface area (Å²) < 4.78 is 7.14. The number of aliphatic hydroxyl groups is 1. The number of nitrogens with one attached hydrogen (secondary N) is 1. The lowest BCUT2D eigenvalue weighted by atomic mass is 10.2. The van der Waals surface area contributed by atoms with Crippen LogP contribution in [0.2, 0.25) is 0 Å². The molecular formula is C15H16N2O4S. The molecule has 0 bridgehead atoms. The van der Waals surface area contributed by atoms with Gasteiger partial charge in [-0.2, -0.15) is 0 Å². The third-order valence-electron chi connectivity index (χ3n) is 3.50. The van der Waals surface area contributed by atoms with Gasteiger partial charge in [-0.15, -0.1) is 11.8 Å². The summed E-state index contributed by atoms with van der Waals surface area (Å²) in [5.41, 5.74) is -0.944. The molecule has 0 unspecified atom stereocenters. The molecule has 1 saturated heterocycles. The fraction of sp³-hybridized carbons (Fsp3) is 0.333. The van der Waals surface area contributed by atoms with E-state index in [9.17, 15) is 14.7 Å². The van der Waals surface area contributed by atoms with Gasteiger partial charge in [0.1, 0.15) is 0 Å². The molecule has 1 fully saturated rings. The lowest BCUT2D eigenvalue weighted by molar-refractivity contribution is -0.0234. The van der Waals surface area contributed by atoms with Crippen LogP contribution < -0.4 is 11.2 Å². The van der Waals surface area contributed by atoms with E-state index in [2.05, 4.69) is 4.98 Å². The van der Waals surface area contributed by atoms with Gasteiger partial charge in [-0.05, 0) is 18.6 Å². The third kappa shape index (κ3) is 3.16. The summed E-state index contributed by atoms with van der Waals surface area (Å²) in [6.45, 7) is -0.0968. The standard InChI is InChI=1S/C15H16N2O4S/c18-9-10-8-12(22-11-4-2-1-3-5-11)14(21-10)17-7-6-13(19)16-15(17)20/h1-7,10,12,14,18H,8-9H2,(H,16,19,20)/t10-,12+,14+/m0/s1. The van der Waals surface area contributed by atoms with E-state index in [0.29, 0.717) is 6.42 Å². The van der Waals surface area contributed by atoms with Gasteiger partial charge in [0.25, 0.3) is 5.56 Å². The molecule has 3 rings (SSSR count). The number of hydrogen-bond donors (Lipinski definition) is 2. The Hall–Kier alpha value is -1.83. The number of nitrogens with zero attached hydrogens (tertiary/aromatic N) is 1. The van der Waals surface area contributed by atoms with Crippen molar-refractivity contribution < 1.29 is 9.84 Å². The lowest BCUT2D eigenvalue weighted by Gasteiger charge is -2.20. The normalized spacial score (nSPS) is 24.5. The molecule has 1 aliphatic rings. The fourth-order valence-corrected chi connectivity index (χ4v) is 3.77. The maximum Gasteiger partial charge on any atom is 0.330 e. The quantitative estimate of drug-likeness (QED) is 0.877. The van der Waals surface area contributed by atoms with Gasteiger partial charge in [-0.1, -0.05) is 18.2 Å². The van der Waals surface area contributed by atoms with Crippen molar-refractivity contribution in [1.82, 2.24) is 9.55 Å². The van der Waals surface area contributed by atoms with Crippen LogP contribution in [-0.2, 0) is 4.74 Å². The van der Waals surface area contributed by atoms with Crippen LogP contribution in [0.25, 0.3) is 0 Å². The zero-order valence-corrected chi connectivity index (χ0v) is 12.5. The highest BCUT2D eigenvalue weighted by atomic mass is 32.2. The number of hydrogen-bond acceptors (Lipinski definition) is 5. The van der Waals surface area contributed by atoms with E-state index in [0.717, 1.165) is 4.90 Å². The molecule has 0 amide bonds. The van der Waals surface area contributed by atoms with Crippen molar-refractivity contribution in [2.75, 3.05) is 6.61 Å². The SMILES string of the molecule is O=c1ccn([C@@H]2O[C@H](CO)C[C@H]2Sc2ccccc2)c(=O)[nH]1. The molecule has 1 aromatic heterocycles. The van der Waals surface area contributed by atoms with Crippen LogP contribution in [0.15, 0.2) is 57.1 Å². The van der Waals surface area contributed by atoms with E-state index < -0.39 is 17.5 Å². The second-order valence-electron chi connectivity index (χ2n) is 5.05. The van der Waals surface area contributed by atoms with Gasteiger partial charge in [0.05, 0.1) is 18.0 Å². The van der Waals surface area contributed by atoms with E-state index in [4.69, 9.17) is 4.74 Å². The molecule has 3 atom stereocenters. The van der Waals surface area contributed by atoms with Gasteiger partial charge in [0.15, 0.2) is 6.23 Å². The molecule has 2 N–H and O–H groups in total. The number of thioether (sulfide) groups is 1. The number of aromatic nitrogens is 2. The minimum Gasteiger partial charge on any atom is -0.394 e. The van der Waals surface area contributed by atoms with E-state index in [-0.39, 0.29) is 18.0 Å². The van der Waals surface area contributed by atoms with Crippen molar-refractivity contribution in [1.29, 1.82) is 0 Å². The van der Waals surface area contributed by atoms with Crippen molar-refractivity contribution in [3.63, 3.8) is 0 Å². The van der Waals surface area contributed by atoms with Crippen molar-refractivity contribution in [2.45, 2.75) is 28.9 Å². The second-order valence-corrected chi connectivity index (χ2v) is 6.37. The molecule has 2 aromatic rings. The highest BCUT2D eigenvalue weighted by Gasteiger charge is 2.37. The minimum atomic E-state index is -0.522. The van der Waals surface area contributed by atoms with Crippen LogP contribution >= 0.6 is 11.8 Å². The van der Waals surface area contributed by atoms with Crippen molar-refractivity contribution in [3.05, 3.63) is 63.4 Å². The molecule has 116 valence electrons. The van der Waals surface area contributed by atoms with Gasteiger partial charge >= 0.3 is 5.69 Å². The second kappa shape index (κ2) is 6.51. The van der Waals surface area contributed by atoms with Crippen molar-refractivity contribution in [3.8, 4) is 0 Å². The third-order valence-corrected chi connectivity index (χ3v) is 4.78. The molecular weight excluding hydrogens is 304 g/mol. The van der Waals surface area contributed by atoms with Gasteiger partial charge in [-0.3, -0.25) is 14.3 Å². The Morgan fingerprint density at radius 2 is 2.05 bits per heavy atom. The molecule has 0 aliphatic carbocycles. The van der Waals surface area contributed by atoms with Crippen LogP contribution in [0.5, 0.6) is 0 Å². The molecule has 1 aromatic carbocycles. The van der Waals surface area contributed by atoms with E-state index in [1.807, 2.05) is 30.3 Å². The average molecular weight is 320 g/mol. The number of rotatable bonds is 4. The molecule has 2 heterocycles. The molecule has 0 radical (unpaired) electrons. The Morgan fingerprint density at radius 3 is 2.73 bits per heavy atom. The molecule has 22 heavy (non-hydrogen) atoms. The van der Waals surface area contributed by atoms with Crippen molar-refractivity contribution in [2.24, 2.45) is 0 Å². The van der Waals surface area contributed by atoms with Crippen molar-refractivity contribution >= 4 is 11.8 Å². The Bertz CT molecular complexity index is 743. The number of ether oxygens (including phenoxy) is 1. The maximum absolute atomic E-state index is 12.0. The lowest BCUT2D eigenvalue weighted by Crippen LogP contribution is -2.34. The fourth-order valence-electron chi connectivity index (χ4n) is 2.49. The summed E-state index contributed by atoms with van der Waals surface area (Å²) in [6, 6.07) is 11.1. The summed E-state index contributed by atoms with van der Waals surface area (Å²) in [4.78, 5) is 26.5. The monoisotopic (exact) mass is 320 g/mol. The summed E-state index contributed by atoms with van der Waals surface area (Å²) >= 11 is 1.60. The summed E-state index contributed by atoms with van der Waals surface area (Å²) in [5, 5.41) is 9.32. The zero-order chi connectivity index (χ0) is 15.5. The summed E-state index contributed by atoms with van der Waals surface area (Å²) in [7, 11) is 0. The number of aromatic amines is 1. The molecule has 1 aliphatic heterocycles. The van der Waals surface area contributed by atoms with Crippen LogP contribution in [0.3, 0.4) is 0 Å². The number of H-pyrrole nitrogens is 1. The topological polar surface area (TPSA) is 84.3 Å². The van der Waals surface area contributed by atoms with Crippen LogP contribution in [0.1, 0.15) is 12.6 Å². The van der Waals surface area contributed by atoms with Crippen LogP contribution in [0.4, 0.5) is 0 Å². The van der Waals surface area contributed by atoms with E-state index in [1.165, 1.54) is 16.8 Å². The molecule has 0 spiro atoms. The van der Waals surface area contributed by atoms with Crippen LogP contribution in [0, 0.1) is 0 Å². The number of benzene rings is 1. The molecule has 0 saturated carbocycles. The maximum atomic E-state index is 12.0. The van der Waals surface area contributed by atoms with Gasteiger partial charge in [0, 0.05) is 17.2 Å². The Balaban J connectivity index is 1.89. The first-order chi connectivity index (χ1) is 10.7. The average Bonchev–Trinajstić information content (AvgIpc) is 2.91. The highest BCUT2D eigenvalue weighted by Crippen LogP contribution is 2.39. The Kier molecular flexibility index (Phi) is 4.47. The summed E-state index contributed by atoms with van der Waals surface area (Å²) in [5.74, 6) is 0. The first kappa shape index (κ1) is 15.1. The largest absolute Gasteiger partial charge is 0.394 e. The Morgan fingerprint density at radius 1 is 1.27 bits per heavy atom. The van der Waals surface area contributed by atoms with Crippen LogP contribution in [-0.4, -0.2) is 32.6 Å². The van der Waals surface area contributed by atoms with E-state index >= 15 is 0 Å². The van der Waals surface area contributed by atoms with Gasteiger partial charge in [-0.25, -0.2) is 4.79 Å². The summed E-state index contributed by atoms with van der Waals surface area (Å²) in [6.07, 6.45) is 1.23. The smallest absolute Gasteiger partial charge is 0.330 e. The first-order valence-electron chi connectivity index (χ1n) is 6.97. The predicted octanol–water partition coefficient (Wildman–Crippen LogP) is 0.977. The highest BCUT2D eigenvalue weighted by molar-refractivity contribution is 8.00. The molecule has 6 nitrogen and oxygen atoms in total. The Labute approximate surface area is 130 Å². The first-order valence-corrected chi connectivity index (χ1v) is 7.85. The minimum absolute atomic E-state index is 0.0249. The predicted molar refractivity (Wildman–Crippen MR) is 83.0 cm³/mol. The van der Waals surface area contributed by atoms with Gasteiger partial charge < -0.3 is 9.84 Å². The van der Waals surface area contributed by atoms with Gasteiger partial charge in [0.2, 0.25) is 0 Å². The number of aliphatic hydroxyl groups excluding tert-OH is 1. The molecule has 7 heteroatoms.